The van der Waals surface area contributed by atoms with E-state index in [2.05, 4.69) is 15.5 Å². The normalized spacial score (nSPS) is 14.1. The number of nitrogens with zero attached hydrogens (tertiary/aromatic N) is 2. The maximum atomic E-state index is 12.9. The average molecular weight is 339 g/mol. The highest BCUT2D eigenvalue weighted by molar-refractivity contribution is 7.98. The molecule has 0 bridgehead atoms. The molecule has 1 saturated carbocycles. The highest BCUT2D eigenvalue weighted by atomic mass is 32.2. The van der Waals surface area contributed by atoms with Crippen LogP contribution in [0.1, 0.15) is 40.5 Å². The lowest BCUT2D eigenvalue weighted by atomic mass is 10.1. The molecule has 1 N–H and O–H groups in total. The summed E-state index contributed by atoms with van der Waals surface area (Å²) in [4.78, 5) is 18.5. The van der Waals surface area contributed by atoms with Gasteiger partial charge in [0.2, 0.25) is 0 Å². The second-order valence-electron chi connectivity index (χ2n) is 6.00. The molecule has 122 valence electrons. The Balaban J connectivity index is 1.73. The Bertz CT molecular complexity index is 931. The number of pyridine rings is 1. The summed E-state index contributed by atoms with van der Waals surface area (Å²) in [6, 6.07) is 9.68. The largest absolute Gasteiger partial charge is 0.336 e. The fraction of sp³-hybridized carbons (Fsp3) is 0.278. The second kappa shape index (κ2) is 5.94. The summed E-state index contributed by atoms with van der Waals surface area (Å²) in [5.41, 5.74) is 3.40. The number of amides is 1. The minimum Gasteiger partial charge on any atom is -0.336 e. The molecule has 1 aromatic carbocycles. The molecule has 4 rings (SSSR count). The molecular formula is C18H17N3O2S. The molecule has 3 aromatic rings. The second-order valence-corrected chi connectivity index (χ2v) is 6.88. The van der Waals surface area contributed by atoms with Crippen molar-refractivity contribution in [3.05, 3.63) is 47.3 Å². The van der Waals surface area contributed by atoms with E-state index >= 15 is 0 Å². The van der Waals surface area contributed by atoms with Gasteiger partial charge in [-0.25, -0.2) is 4.98 Å². The van der Waals surface area contributed by atoms with Crippen molar-refractivity contribution < 1.29 is 9.32 Å². The summed E-state index contributed by atoms with van der Waals surface area (Å²) >= 11 is 1.64. The number of aromatic nitrogens is 2. The average Bonchev–Trinajstić information content (AvgIpc) is 3.38. The number of fused-ring (bicyclic) bond motifs is 1. The van der Waals surface area contributed by atoms with Gasteiger partial charge in [0.1, 0.15) is 0 Å². The van der Waals surface area contributed by atoms with Crippen LogP contribution >= 0.6 is 11.8 Å². The van der Waals surface area contributed by atoms with Gasteiger partial charge in [0.25, 0.3) is 11.6 Å². The van der Waals surface area contributed by atoms with Gasteiger partial charge in [-0.2, -0.15) is 0 Å². The van der Waals surface area contributed by atoms with E-state index < -0.39 is 0 Å². The Morgan fingerprint density at radius 1 is 1.33 bits per heavy atom. The van der Waals surface area contributed by atoms with Crippen LogP contribution in [0.3, 0.4) is 0 Å². The third-order valence-corrected chi connectivity index (χ3v) is 4.93. The van der Waals surface area contributed by atoms with Gasteiger partial charge in [0.15, 0.2) is 0 Å². The standard InChI is InChI=1S/C18H17N3O2S/c1-10-16-14(9-15(11-6-7-11)20-18(16)23-21-10)17(22)19-12-4-3-5-13(8-12)24-2/h3-5,8-9,11H,6-7H2,1-2H3,(H,19,22). The topological polar surface area (TPSA) is 68.0 Å². The molecule has 0 saturated heterocycles. The number of nitrogens with one attached hydrogen (secondary N) is 1. The molecule has 0 spiro atoms. The highest BCUT2D eigenvalue weighted by Gasteiger charge is 2.28. The summed E-state index contributed by atoms with van der Waals surface area (Å²) in [6.07, 6.45) is 4.24. The summed E-state index contributed by atoms with van der Waals surface area (Å²) < 4.78 is 5.30. The van der Waals surface area contributed by atoms with Crippen molar-refractivity contribution in [2.45, 2.75) is 30.6 Å². The van der Waals surface area contributed by atoms with Crippen molar-refractivity contribution in [2.24, 2.45) is 0 Å². The van der Waals surface area contributed by atoms with E-state index in [4.69, 9.17) is 4.52 Å². The number of rotatable bonds is 4. The molecule has 24 heavy (non-hydrogen) atoms. The lowest BCUT2D eigenvalue weighted by Gasteiger charge is -2.08. The maximum Gasteiger partial charge on any atom is 0.259 e. The number of carbonyl (C=O) groups is 1. The van der Waals surface area contributed by atoms with Crippen molar-refractivity contribution in [2.75, 3.05) is 11.6 Å². The van der Waals surface area contributed by atoms with Crippen LogP contribution < -0.4 is 5.32 Å². The van der Waals surface area contributed by atoms with E-state index in [9.17, 15) is 4.79 Å². The molecule has 2 aromatic heterocycles. The Kier molecular flexibility index (Phi) is 3.76. The molecule has 1 fully saturated rings. The molecule has 2 heterocycles. The molecule has 5 nitrogen and oxygen atoms in total. The van der Waals surface area contributed by atoms with Gasteiger partial charge >= 0.3 is 0 Å². The molecule has 0 atom stereocenters. The van der Waals surface area contributed by atoms with Crippen LogP contribution in [0.15, 0.2) is 39.8 Å². The van der Waals surface area contributed by atoms with E-state index in [1.807, 2.05) is 43.5 Å². The fourth-order valence-corrected chi connectivity index (χ4v) is 3.24. The molecule has 1 amide bonds. The quantitative estimate of drug-likeness (QED) is 0.714. The van der Waals surface area contributed by atoms with Crippen LogP contribution in [0.4, 0.5) is 5.69 Å². The smallest absolute Gasteiger partial charge is 0.259 e. The first kappa shape index (κ1) is 15.2. The van der Waals surface area contributed by atoms with E-state index in [0.717, 1.165) is 29.1 Å². The van der Waals surface area contributed by atoms with E-state index in [1.165, 1.54) is 0 Å². The zero-order valence-corrected chi connectivity index (χ0v) is 14.3. The van der Waals surface area contributed by atoms with Crippen LogP contribution in [0.5, 0.6) is 0 Å². The van der Waals surface area contributed by atoms with Crippen LogP contribution in [-0.4, -0.2) is 22.3 Å². The van der Waals surface area contributed by atoms with Crippen LogP contribution in [-0.2, 0) is 0 Å². The first-order valence-electron chi connectivity index (χ1n) is 7.88. The third-order valence-electron chi connectivity index (χ3n) is 4.20. The number of benzene rings is 1. The molecule has 0 aliphatic heterocycles. The summed E-state index contributed by atoms with van der Waals surface area (Å²) in [6.45, 7) is 1.83. The van der Waals surface area contributed by atoms with Crippen LogP contribution in [0.2, 0.25) is 0 Å². The van der Waals surface area contributed by atoms with Gasteiger partial charge in [-0.15, -0.1) is 11.8 Å². The SMILES string of the molecule is CSc1cccc(NC(=O)c2cc(C3CC3)nc3onc(C)c23)c1. The first-order chi connectivity index (χ1) is 11.7. The summed E-state index contributed by atoms with van der Waals surface area (Å²) in [7, 11) is 0. The molecule has 6 heteroatoms. The predicted molar refractivity (Wildman–Crippen MR) is 94.7 cm³/mol. The maximum absolute atomic E-state index is 12.9. The van der Waals surface area contributed by atoms with E-state index in [0.29, 0.717) is 28.3 Å². The number of carbonyl (C=O) groups excluding carboxylic acids is 1. The van der Waals surface area contributed by atoms with Gasteiger partial charge < -0.3 is 9.84 Å². The van der Waals surface area contributed by atoms with Crippen molar-refractivity contribution in [3.63, 3.8) is 0 Å². The van der Waals surface area contributed by atoms with E-state index in [1.54, 1.807) is 11.8 Å². The Hall–Kier alpha value is -2.34. The highest BCUT2D eigenvalue weighted by Crippen LogP contribution is 2.40. The Morgan fingerprint density at radius 3 is 2.92 bits per heavy atom. The van der Waals surface area contributed by atoms with Gasteiger partial charge in [0.05, 0.1) is 16.6 Å². The lowest BCUT2D eigenvalue weighted by molar-refractivity contribution is 0.102. The number of thioether (sulfide) groups is 1. The minimum atomic E-state index is -0.158. The summed E-state index contributed by atoms with van der Waals surface area (Å²) in [5, 5.41) is 7.64. The van der Waals surface area contributed by atoms with Crippen molar-refractivity contribution in [3.8, 4) is 0 Å². The van der Waals surface area contributed by atoms with Crippen molar-refractivity contribution in [1.82, 2.24) is 10.1 Å². The molecule has 1 aliphatic carbocycles. The number of hydrogen-bond donors (Lipinski definition) is 1. The number of hydrogen-bond acceptors (Lipinski definition) is 5. The molecule has 0 radical (unpaired) electrons. The van der Waals surface area contributed by atoms with Gasteiger partial charge in [-0.1, -0.05) is 11.2 Å². The molecular weight excluding hydrogens is 322 g/mol. The fourth-order valence-electron chi connectivity index (χ4n) is 2.78. The van der Waals surface area contributed by atoms with Gasteiger partial charge in [-0.3, -0.25) is 4.79 Å². The number of aryl methyl sites for hydroxylation is 1. The van der Waals surface area contributed by atoms with Crippen molar-refractivity contribution >= 4 is 34.5 Å². The first-order valence-corrected chi connectivity index (χ1v) is 9.10. The monoisotopic (exact) mass is 339 g/mol. The Labute approximate surface area is 143 Å². The van der Waals surface area contributed by atoms with Gasteiger partial charge in [-0.05, 0) is 50.3 Å². The van der Waals surface area contributed by atoms with Crippen LogP contribution in [0, 0.1) is 6.92 Å². The predicted octanol–water partition coefficient (Wildman–Crippen LogP) is 4.38. The molecule has 0 unspecified atom stereocenters. The van der Waals surface area contributed by atoms with E-state index in [-0.39, 0.29) is 5.91 Å². The number of anilines is 1. The summed E-state index contributed by atoms with van der Waals surface area (Å²) in [5.74, 6) is 0.278. The van der Waals surface area contributed by atoms with Crippen molar-refractivity contribution in [1.29, 1.82) is 0 Å². The van der Waals surface area contributed by atoms with Gasteiger partial charge in [0, 0.05) is 22.2 Å². The lowest BCUT2D eigenvalue weighted by Crippen LogP contribution is -2.13. The Morgan fingerprint density at radius 2 is 2.17 bits per heavy atom. The van der Waals surface area contributed by atoms with Crippen LogP contribution in [0.25, 0.3) is 11.1 Å². The molecule has 1 aliphatic rings. The third kappa shape index (κ3) is 2.78. The zero-order chi connectivity index (χ0) is 16.7. The minimum absolute atomic E-state index is 0.158. The zero-order valence-electron chi connectivity index (χ0n) is 13.5.